The van der Waals surface area contributed by atoms with Crippen molar-refractivity contribution in [2.45, 2.75) is 30.6 Å². The van der Waals surface area contributed by atoms with Gasteiger partial charge in [-0.25, -0.2) is 13.4 Å². The van der Waals surface area contributed by atoms with Gasteiger partial charge in [-0.05, 0) is 26.3 Å². The Morgan fingerprint density at radius 3 is 2.72 bits per heavy atom. The van der Waals surface area contributed by atoms with Crippen LogP contribution >= 0.6 is 23.1 Å². The van der Waals surface area contributed by atoms with Crippen molar-refractivity contribution in [2.75, 3.05) is 17.3 Å². The second-order valence-corrected chi connectivity index (χ2v) is 11.6. The number of ketones is 1. The number of Topliss-reactive ketones (excluding diaryl/α,β-unsaturated/α-hetero) is 1. The number of thiazole rings is 1. The number of carbonyl (C=O) groups is 1. The third-order valence-electron chi connectivity index (χ3n) is 5.24. The smallest absolute Gasteiger partial charge is 0.174 e. The summed E-state index contributed by atoms with van der Waals surface area (Å²) in [4.78, 5) is 17.5. The number of hydrogen-bond donors (Lipinski definition) is 0. The second-order valence-electron chi connectivity index (χ2n) is 7.29. The molecule has 0 unspecified atom stereocenters. The summed E-state index contributed by atoms with van der Waals surface area (Å²) in [5.41, 5.74) is 4.47. The Labute approximate surface area is 179 Å². The van der Waals surface area contributed by atoms with Crippen LogP contribution in [0.4, 0.5) is 0 Å². The largest absolute Gasteiger partial charge is 0.344 e. The highest BCUT2D eigenvalue weighted by Gasteiger charge is 2.31. The Bertz CT molecular complexity index is 1150. The maximum atomic E-state index is 12.8. The van der Waals surface area contributed by atoms with Gasteiger partial charge in [0.1, 0.15) is 0 Å². The number of nitrogens with zero attached hydrogens (tertiary/aromatic N) is 2. The van der Waals surface area contributed by atoms with Crippen LogP contribution in [0.25, 0.3) is 11.3 Å². The van der Waals surface area contributed by atoms with E-state index in [2.05, 4.69) is 4.98 Å². The number of hydrogen-bond acceptors (Lipinski definition) is 6. The molecule has 29 heavy (non-hydrogen) atoms. The third-order valence-corrected chi connectivity index (χ3v) is 9.01. The first-order valence-electron chi connectivity index (χ1n) is 9.40. The van der Waals surface area contributed by atoms with Crippen LogP contribution in [0.2, 0.25) is 0 Å². The molecule has 0 aliphatic carbocycles. The molecule has 1 aromatic carbocycles. The van der Waals surface area contributed by atoms with Crippen LogP contribution in [0.1, 0.15) is 34.2 Å². The molecule has 0 radical (unpaired) electrons. The Hall–Kier alpha value is -1.90. The number of rotatable bonds is 6. The zero-order chi connectivity index (χ0) is 20.6. The standard InChI is InChI=1S/C21H22N2O3S3/c1-14-10-18(15(2)23(14)17-8-9-29(25,26)13-17)20(24)12-28-21-22-19(11-27-21)16-6-4-3-5-7-16/h3-7,10-11,17H,8-9,12-13H2,1-2H3/t17-/m0/s1. The van der Waals surface area contributed by atoms with Gasteiger partial charge in [0.15, 0.2) is 20.0 Å². The zero-order valence-electron chi connectivity index (χ0n) is 16.3. The Balaban J connectivity index is 1.46. The molecular weight excluding hydrogens is 424 g/mol. The molecule has 0 amide bonds. The lowest BCUT2D eigenvalue weighted by Gasteiger charge is -2.16. The van der Waals surface area contributed by atoms with Crippen molar-refractivity contribution >= 4 is 38.7 Å². The molecule has 152 valence electrons. The first-order valence-corrected chi connectivity index (χ1v) is 13.1. The van der Waals surface area contributed by atoms with Crippen LogP contribution in [0.3, 0.4) is 0 Å². The fourth-order valence-corrected chi connectivity index (χ4v) is 7.29. The molecular formula is C21H22N2O3S3. The topological polar surface area (TPSA) is 69.0 Å². The quantitative estimate of drug-likeness (QED) is 0.410. The molecule has 2 aromatic heterocycles. The molecule has 1 aliphatic rings. The molecule has 1 atom stereocenters. The van der Waals surface area contributed by atoms with Crippen molar-refractivity contribution in [1.29, 1.82) is 0 Å². The maximum absolute atomic E-state index is 12.8. The fraction of sp³-hybridized carbons (Fsp3) is 0.333. The minimum Gasteiger partial charge on any atom is -0.344 e. The monoisotopic (exact) mass is 446 g/mol. The summed E-state index contributed by atoms with van der Waals surface area (Å²) in [6, 6.07) is 11.8. The van der Waals surface area contributed by atoms with E-state index in [-0.39, 0.29) is 23.3 Å². The van der Waals surface area contributed by atoms with Gasteiger partial charge < -0.3 is 4.57 Å². The molecule has 0 spiro atoms. The molecule has 3 heterocycles. The van der Waals surface area contributed by atoms with Crippen molar-refractivity contribution in [3.05, 3.63) is 58.7 Å². The minimum atomic E-state index is -2.97. The van der Waals surface area contributed by atoms with E-state index >= 15 is 0 Å². The number of aromatic nitrogens is 2. The average molecular weight is 447 g/mol. The van der Waals surface area contributed by atoms with Crippen LogP contribution in [-0.4, -0.2) is 41.0 Å². The molecule has 3 aromatic rings. The predicted molar refractivity (Wildman–Crippen MR) is 119 cm³/mol. The Kier molecular flexibility index (Phi) is 5.68. The Morgan fingerprint density at radius 1 is 1.28 bits per heavy atom. The fourth-order valence-electron chi connectivity index (χ4n) is 3.87. The lowest BCUT2D eigenvalue weighted by Crippen LogP contribution is -2.14. The van der Waals surface area contributed by atoms with E-state index in [9.17, 15) is 13.2 Å². The number of sulfone groups is 1. The highest BCUT2D eigenvalue weighted by Crippen LogP contribution is 2.31. The Morgan fingerprint density at radius 2 is 2.03 bits per heavy atom. The maximum Gasteiger partial charge on any atom is 0.174 e. The predicted octanol–water partition coefficient (Wildman–Crippen LogP) is 4.56. The summed E-state index contributed by atoms with van der Waals surface area (Å²) in [5, 5.41) is 2.01. The zero-order valence-corrected chi connectivity index (χ0v) is 18.7. The van der Waals surface area contributed by atoms with Gasteiger partial charge in [0, 0.05) is 33.9 Å². The van der Waals surface area contributed by atoms with Crippen molar-refractivity contribution in [3.63, 3.8) is 0 Å². The summed E-state index contributed by atoms with van der Waals surface area (Å²) in [6.07, 6.45) is 0.614. The van der Waals surface area contributed by atoms with Crippen molar-refractivity contribution < 1.29 is 13.2 Å². The van der Waals surface area contributed by atoms with E-state index in [0.29, 0.717) is 17.7 Å². The van der Waals surface area contributed by atoms with E-state index in [1.54, 1.807) is 11.3 Å². The molecule has 1 fully saturated rings. The van der Waals surface area contributed by atoms with E-state index in [1.807, 2.05) is 60.2 Å². The van der Waals surface area contributed by atoms with Crippen molar-refractivity contribution in [3.8, 4) is 11.3 Å². The summed E-state index contributed by atoms with van der Waals surface area (Å²) < 4.78 is 26.6. The van der Waals surface area contributed by atoms with Gasteiger partial charge in [-0.1, -0.05) is 42.1 Å². The number of thioether (sulfide) groups is 1. The molecule has 5 nitrogen and oxygen atoms in total. The number of benzene rings is 1. The van der Waals surface area contributed by atoms with Crippen LogP contribution in [-0.2, 0) is 9.84 Å². The SMILES string of the molecule is Cc1cc(C(=O)CSc2nc(-c3ccccc3)cs2)c(C)n1[C@H]1CCS(=O)(=O)C1. The summed E-state index contributed by atoms with van der Waals surface area (Å²) >= 11 is 2.99. The summed E-state index contributed by atoms with van der Waals surface area (Å²) in [6.45, 7) is 3.85. The van der Waals surface area contributed by atoms with Gasteiger partial charge in [0.2, 0.25) is 0 Å². The molecule has 0 saturated carbocycles. The van der Waals surface area contributed by atoms with Crippen LogP contribution in [0.5, 0.6) is 0 Å². The second kappa shape index (κ2) is 8.08. The lowest BCUT2D eigenvalue weighted by atomic mass is 10.2. The lowest BCUT2D eigenvalue weighted by molar-refractivity contribution is 0.102. The van der Waals surface area contributed by atoms with E-state index in [1.165, 1.54) is 11.8 Å². The van der Waals surface area contributed by atoms with Crippen LogP contribution < -0.4 is 0 Å². The van der Waals surface area contributed by atoms with Gasteiger partial charge >= 0.3 is 0 Å². The summed E-state index contributed by atoms with van der Waals surface area (Å²) in [7, 11) is -2.97. The first kappa shape index (κ1) is 20.4. The normalized spacial score (nSPS) is 18.2. The van der Waals surface area contributed by atoms with Gasteiger partial charge in [-0.2, -0.15) is 0 Å². The number of aryl methyl sites for hydroxylation is 1. The van der Waals surface area contributed by atoms with E-state index in [0.717, 1.165) is 27.0 Å². The molecule has 8 heteroatoms. The first-order chi connectivity index (χ1) is 13.8. The van der Waals surface area contributed by atoms with E-state index < -0.39 is 9.84 Å². The van der Waals surface area contributed by atoms with E-state index in [4.69, 9.17) is 0 Å². The van der Waals surface area contributed by atoms with Gasteiger partial charge in [0.25, 0.3) is 0 Å². The molecule has 4 rings (SSSR count). The van der Waals surface area contributed by atoms with Gasteiger partial charge in [-0.15, -0.1) is 11.3 Å². The number of carbonyl (C=O) groups excluding carboxylic acids is 1. The molecule has 1 saturated heterocycles. The molecule has 1 aliphatic heterocycles. The molecule has 0 N–H and O–H groups in total. The highest BCUT2D eigenvalue weighted by molar-refractivity contribution is 8.01. The molecule has 0 bridgehead atoms. The van der Waals surface area contributed by atoms with Gasteiger partial charge in [0.05, 0.1) is 23.0 Å². The third kappa shape index (κ3) is 4.34. The average Bonchev–Trinajstić information content (AvgIpc) is 3.38. The van der Waals surface area contributed by atoms with Crippen LogP contribution in [0, 0.1) is 13.8 Å². The van der Waals surface area contributed by atoms with Gasteiger partial charge in [-0.3, -0.25) is 4.79 Å². The minimum absolute atomic E-state index is 0.0478. The van der Waals surface area contributed by atoms with Crippen molar-refractivity contribution in [2.24, 2.45) is 0 Å². The highest BCUT2D eigenvalue weighted by atomic mass is 32.2. The summed E-state index contributed by atoms with van der Waals surface area (Å²) in [5.74, 6) is 0.746. The van der Waals surface area contributed by atoms with Crippen molar-refractivity contribution in [1.82, 2.24) is 9.55 Å². The van der Waals surface area contributed by atoms with Crippen LogP contribution in [0.15, 0.2) is 46.1 Å².